The second kappa shape index (κ2) is 6.12. The van der Waals surface area contributed by atoms with Gasteiger partial charge in [0.2, 0.25) is 0 Å². The number of nitrogens with two attached hydrogens (primary N) is 1. The van der Waals surface area contributed by atoms with Crippen molar-refractivity contribution >= 4 is 17.4 Å². The maximum Gasteiger partial charge on any atom is 0.142 e. The third-order valence-corrected chi connectivity index (χ3v) is 3.97. The number of anilines is 1. The molecule has 112 valence electrons. The number of benzene rings is 2. The molecule has 0 bridgehead atoms. The van der Waals surface area contributed by atoms with Gasteiger partial charge in [-0.3, -0.25) is 0 Å². The summed E-state index contributed by atoms with van der Waals surface area (Å²) in [6.07, 6.45) is 0. The molecule has 0 aliphatic carbocycles. The number of hydrogen-bond donors (Lipinski definition) is 1. The molecule has 0 atom stereocenters. The van der Waals surface area contributed by atoms with E-state index in [1.165, 1.54) is 0 Å². The van der Waals surface area contributed by atoms with Crippen molar-refractivity contribution in [3.63, 3.8) is 0 Å². The highest BCUT2D eigenvalue weighted by Gasteiger charge is 2.14. The summed E-state index contributed by atoms with van der Waals surface area (Å²) < 4.78 is 0. The smallest absolute Gasteiger partial charge is 0.142 e. The Bertz CT molecular complexity index is 926. The van der Waals surface area contributed by atoms with Crippen LogP contribution in [0.25, 0.3) is 22.4 Å². The number of rotatable bonds is 2. The van der Waals surface area contributed by atoms with Crippen LogP contribution in [-0.2, 0) is 0 Å². The van der Waals surface area contributed by atoms with Crippen molar-refractivity contribution in [2.24, 2.45) is 0 Å². The second-order valence-corrected chi connectivity index (χ2v) is 5.68. The first-order valence-electron chi connectivity index (χ1n) is 7.12. The van der Waals surface area contributed by atoms with Crippen LogP contribution in [0.1, 0.15) is 11.1 Å². The van der Waals surface area contributed by atoms with Crippen LogP contribution >= 0.6 is 11.6 Å². The zero-order valence-electron chi connectivity index (χ0n) is 12.5. The van der Waals surface area contributed by atoms with Crippen LogP contribution in [0.3, 0.4) is 0 Å². The fraction of sp³-hybridized carbons (Fsp3) is 0.0526. The molecular weight excluding hydrogens is 306 g/mol. The number of nitrogen functional groups attached to an aromatic ring is 1. The number of hydrogen-bond acceptors (Lipinski definition) is 3. The van der Waals surface area contributed by atoms with Gasteiger partial charge in [-0.25, -0.2) is 4.98 Å². The Morgan fingerprint density at radius 3 is 2.52 bits per heavy atom. The van der Waals surface area contributed by atoms with Gasteiger partial charge in [0.1, 0.15) is 17.5 Å². The van der Waals surface area contributed by atoms with Gasteiger partial charge in [0.25, 0.3) is 0 Å². The Morgan fingerprint density at radius 1 is 1.04 bits per heavy atom. The number of pyridine rings is 1. The van der Waals surface area contributed by atoms with E-state index in [4.69, 9.17) is 17.3 Å². The molecule has 1 aromatic heterocycles. The number of aryl methyl sites for hydroxylation is 1. The minimum atomic E-state index is 0.210. The van der Waals surface area contributed by atoms with E-state index in [2.05, 4.69) is 11.1 Å². The average molecular weight is 320 g/mol. The molecule has 2 N–H and O–H groups in total. The maximum atomic E-state index is 9.45. The summed E-state index contributed by atoms with van der Waals surface area (Å²) in [6, 6.07) is 19.4. The number of halogens is 1. The number of nitrogens with zero attached hydrogens (tertiary/aromatic N) is 2. The van der Waals surface area contributed by atoms with Crippen molar-refractivity contribution in [3.05, 3.63) is 70.7 Å². The Hall–Kier alpha value is -2.83. The van der Waals surface area contributed by atoms with Crippen LogP contribution < -0.4 is 5.73 Å². The predicted molar refractivity (Wildman–Crippen MR) is 94.0 cm³/mol. The van der Waals surface area contributed by atoms with Crippen molar-refractivity contribution < 1.29 is 0 Å². The average Bonchev–Trinajstić information content (AvgIpc) is 2.54. The lowest BCUT2D eigenvalue weighted by molar-refractivity contribution is 1.31. The maximum absolute atomic E-state index is 9.45. The van der Waals surface area contributed by atoms with Gasteiger partial charge in [-0.2, -0.15) is 5.26 Å². The topological polar surface area (TPSA) is 62.7 Å². The Balaban J connectivity index is 2.27. The largest absolute Gasteiger partial charge is 0.383 e. The molecule has 1 heterocycles. The molecule has 2 aromatic carbocycles. The SMILES string of the molecule is Cc1cccc(-c2cc(-c3ccccc3Cl)nc(N)c2C#N)c1. The van der Waals surface area contributed by atoms with Gasteiger partial charge in [0.05, 0.1) is 5.69 Å². The number of nitriles is 1. The molecule has 0 aliphatic rings. The molecule has 3 rings (SSSR count). The molecule has 0 fully saturated rings. The van der Waals surface area contributed by atoms with Gasteiger partial charge < -0.3 is 5.73 Å². The van der Waals surface area contributed by atoms with E-state index in [1.54, 1.807) is 6.07 Å². The molecule has 0 amide bonds. The fourth-order valence-electron chi connectivity index (χ4n) is 2.53. The summed E-state index contributed by atoms with van der Waals surface area (Å²) in [5.74, 6) is 0.210. The van der Waals surface area contributed by atoms with E-state index < -0.39 is 0 Å². The minimum absolute atomic E-state index is 0.210. The molecule has 0 unspecified atom stereocenters. The predicted octanol–water partition coefficient (Wildman–Crippen LogP) is 4.83. The molecule has 4 heteroatoms. The summed E-state index contributed by atoms with van der Waals surface area (Å²) in [4.78, 5) is 4.35. The highest BCUT2D eigenvalue weighted by atomic mass is 35.5. The third kappa shape index (κ3) is 2.90. The lowest BCUT2D eigenvalue weighted by atomic mass is 9.97. The van der Waals surface area contributed by atoms with Crippen molar-refractivity contribution in [1.82, 2.24) is 4.98 Å². The second-order valence-electron chi connectivity index (χ2n) is 5.28. The zero-order chi connectivity index (χ0) is 16.4. The molecule has 23 heavy (non-hydrogen) atoms. The van der Waals surface area contributed by atoms with Gasteiger partial charge in [-0.1, -0.05) is 59.6 Å². The lowest BCUT2D eigenvalue weighted by Crippen LogP contribution is -2.00. The van der Waals surface area contributed by atoms with E-state index in [0.717, 1.165) is 22.3 Å². The first-order chi connectivity index (χ1) is 11.1. The summed E-state index contributed by atoms with van der Waals surface area (Å²) in [5, 5.41) is 10.0. The van der Waals surface area contributed by atoms with E-state index >= 15 is 0 Å². The van der Waals surface area contributed by atoms with Crippen LogP contribution in [0.4, 0.5) is 5.82 Å². The molecular formula is C19H14ClN3. The van der Waals surface area contributed by atoms with Gasteiger partial charge in [0.15, 0.2) is 0 Å². The summed E-state index contributed by atoms with van der Waals surface area (Å²) >= 11 is 6.26. The summed E-state index contributed by atoms with van der Waals surface area (Å²) in [7, 11) is 0. The quantitative estimate of drug-likeness (QED) is 0.735. The fourth-order valence-corrected chi connectivity index (χ4v) is 2.76. The first-order valence-corrected chi connectivity index (χ1v) is 7.50. The highest BCUT2D eigenvalue weighted by molar-refractivity contribution is 6.33. The Labute approximate surface area is 140 Å². The molecule has 0 saturated carbocycles. The molecule has 0 radical (unpaired) electrons. The van der Waals surface area contributed by atoms with Gasteiger partial charge >= 0.3 is 0 Å². The van der Waals surface area contributed by atoms with Crippen LogP contribution in [-0.4, -0.2) is 4.98 Å². The van der Waals surface area contributed by atoms with E-state index in [-0.39, 0.29) is 5.82 Å². The van der Waals surface area contributed by atoms with Crippen molar-refractivity contribution in [3.8, 4) is 28.5 Å². The third-order valence-electron chi connectivity index (χ3n) is 3.64. The van der Waals surface area contributed by atoms with E-state index in [0.29, 0.717) is 16.3 Å². The minimum Gasteiger partial charge on any atom is -0.383 e. The van der Waals surface area contributed by atoms with Crippen molar-refractivity contribution in [1.29, 1.82) is 5.26 Å². The van der Waals surface area contributed by atoms with E-state index in [1.807, 2.05) is 55.5 Å². The Morgan fingerprint density at radius 2 is 1.83 bits per heavy atom. The lowest BCUT2D eigenvalue weighted by Gasteiger charge is -2.11. The molecule has 3 aromatic rings. The van der Waals surface area contributed by atoms with Crippen molar-refractivity contribution in [2.75, 3.05) is 5.73 Å². The molecule has 0 spiro atoms. The standard InChI is InChI=1S/C19H14ClN3/c1-12-5-4-6-13(9-12)15-10-18(23-19(22)16(15)11-21)14-7-2-3-8-17(14)20/h2-10H,1H3,(H2,22,23). The van der Waals surface area contributed by atoms with Crippen LogP contribution in [0.5, 0.6) is 0 Å². The van der Waals surface area contributed by atoms with Gasteiger partial charge in [-0.15, -0.1) is 0 Å². The van der Waals surface area contributed by atoms with Gasteiger partial charge in [-0.05, 0) is 24.6 Å². The van der Waals surface area contributed by atoms with Crippen LogP contribution in [0.15, 0.2) is 54.6 Å². The highest BCUT2D eigenvalue weighted by Crippen LogP contribution is 2.33. The summed E-state index contributed by atoms with van der Waals surface area (Å²) in [5.41, 5.74) is 10.7. The number of aromatic nitrogens is 1. The Kier molecular flexibility index (Phi) is 4.01. The van der Waals surface area contributed by atoms with E-state index in [9.17, 15) is 5.26 Å². The first kappa shape index (κ1) is 15.1. The molecule has 0 aliphatic heterocycles. The monoisotopic (exact) mass is 319 g/mol. The van der Waals surface area contributed by atoms with Gasteiger partial charge in [0, 0.05) is 16.1 Å². The van der Waals surface area contributed by atoms with Crippen molar-refractivity contribution in [2.45, 2.75) is 6.92 Å². The normalized spacial score (nSPS) is 10.3. The van der Waals surface area contributed by atoms with Crippen LogP contribution in [0, 0.1) is 18.3 Å². The molecule has 0 saturated heterocycles. The molecule has 3 nitrogen and oxygen atoms in total. The summed E-state index contributed by atoms with van der Waals surface area (Å²) in [6.45, 7) is 2.01. The zero-order valence-corrected chi connectivity index (χ0v) is 13.3. The van der Waals surface area contributed by atoms with Crippen LogP contribution in [0.2, 0.25) is 5.02 Å².